The first kappa shape index (κ1) is 16.8. The summed E-state index contributed by atoms with van der Waals surface area (Å²) < 4.78 is 5.65. The van der Waals surface area contributed by atoms with E-state index in [-0.39, 0.29) is 17.7 Å². The van der Waals surface area contributed by atoms with Crippen LogP contribution in [0.4, 0.5) is 0 Å². The molecule has 1 aliphatic heterocycles. The number of thioether (sulfide) groups is 1. The van der Waals surface area contributed by atoms with Gasteiger partial charge in [-0.2, -0.15) is 5.26 Å². The molecule has 2 heterocycles. The SMILES string of the molecule is N#CC1=C(N)Oc2n[nH]c(CSc3ccccc3)c2[C@H]1[C@@H]1C=CCCC1. The maximum absolute atomic E-state index is 9.70. The van der Waals surface area contributed by atoms with Crippen molar-refractivity contribution in [3.8, 4) is 11.9 Å². The van der Waals surface area contributed by atoms with Crippen molar-refractivity contribution in [2.75, 3.05) is 0 Å². The fourth-order valence-corrected chi connectivity index (χ4v) is 4.56. The van der Waals surface area contributed by atoms with Gasteiger partial charge in [-0.3, -0.25) is 5.10 Å². The van der Waals surface area contributed by atoms with Crippen LogP contribution in [-0.4, -0.2) is 10.2 Å². The van der Waals surface area contributed by atoms with Gasteiger partial charge in [-0.1, -0.05) is 30.4 Å². The number of ether oxygens (including phenoxy) is 1. The number of nitrogens with one attached hydrogen (secondary N) is 1. The zero-order valence-electron chi connectivity index (χ0n) is 14.3. The molecule has 6 heteroatoms. The minimum Gasteiger partial charge on any atom is -0.420 e. The second-order valence-corrected chi connectivity index (χ2v) is 7.56. The molecular weight excluding hydrogens is 344 g/mol. The number of benzene rings is 1. The predicted octanol–water partition coefficient (Wildman–Crippen LogP) is 4.23. The molecule has 5 nitrogen and oxygen atoms in total. The van der Waals surface area contributed by atoms with E-state index in [1.807, 2.05) is 18.2 Å². The smallest absolute Gasteiger partial charge is 0.243 e. The molecule has 1 aliphatic carbocycles. The van der Waals surface area contributed by atoms with Crippen LogP contribution in [0.1, 0.15) is 36.4 Å². The zero-order valence-corrected chi connectivity index (χ0v) is 15.1. The zero-order chi connectivity index (χ0) is 17.9. The first-order valence-corrected chi connectivity index (χ1v) is 9.75. The van der Waals surface area contributed by atoms with Gasteiger partial charge in [0, 0.05) is 22.1 Å². The Morgan fingerprint density at radius 2 is 2.19 bits per heavy atom. The number of aromatic nitrogens is 2. The van der Waals surface area contributed by atoms with Crippen molar-refractivity contribution in [2.24, 2.45) is 11.7 Å². The summed E-state index contributed by atoms with van der Waals surface area (Å²) in [6, 6.07) is 12.5. The van der Waals surface area contributed by atoms with Crippen molar-refractivity contribution in [3.63, 3.8) is 0 Å². The molecule has 132 valence electrons. The van der Waals surface area contributed by atoms with Crippen LogP contribution in [0.25, 0.3) is 0 Å². The molecule has 0 fully saturated rings. The van der Waals surface area contributed by atoms with Gasteiger partial charge in [-0.15, -0.1) is 16.9 Å². The van der Waals surface area contributed by atoms with E-state index in [2.05, 4.69) is 40.6 Å². The fourth-order valence-electron chi connectivity index (χ4n) is 3.67. The highest BCUT2D eigenvalue weighted by molar-refractivity contribution is 7.98. The van der Waals surface area contributed by atoms with E-state index in [4.69, 9.17) is 10.5 Å². The van der Waals surface area contributed by atoms with Crippen LogP contribution < -0.4 is 10.5 Å². The lowest BCUT2D eigenvalue weighted by atomic mass is 9.75. The monoisotopic (exact) mass is 364 g/mol. The second kappa shape index (κ2) is 7.30. The average Bonchev–Trinajstić information content (AvgIpc) is 3.09. The molecule has 26 heavy (non-hydrogen) atoms. The number of hydrogen-bond acceptors (Lipinski definition) is 5. The van der Waals surface area contributed by atoms with Gasteiger partial charge in [0.1, 0.15) is 6.07 Å². The standard InChI is InChI=1S/C20H20N4OS/c21-11-15-17(13-7-3-1-4-8-13)18-16(23-24-20(18)25-19(15)22)12-26-14-9-5-2-6-10-14/h2-3,5-7,9-10,13,17H,1,4,8,12,22H2,(H,23,24)/t13-,17+/m1/s1. The van der Waals surface area contributed by atoms with Gasteiger partial charge in [0.2, 0.25) is 11.8 Å². The van der Waals surface area contributed by atoms with E-state index in [1.54, 1.807) is 11.8 Å². The summed E-state index contributed by atoms with van der Waals surface area (Å²) in [6.07, 6.45) is 7.67. The van der Waals surface area contributed by atoms with Gasteiger partial charge in [0.25, 0.3) is 0 Å². The van der Waals surface area contributed by atoms with Crippen LogP contribution in [0, 0.1) is 17.2 Å². The van der Waals surface area contributed by atoms with E-state index < -0.39 is 0 Å². The summed E-state index contributed by atoms with van der Waals surface area (Å²) in [7, 11) is 0. The topological polar surface area (TPSA) is 87.7 Å². The van der Waals surface area contributed by atoms with Crippen LogP contribution in [0.2, 0.25) is 0 Å². The normalized spacial score (nSPS) is 21.8. The lowest BCUT2D eigenvalue weighted by Gasteiger charge is -2.30. The third-order valence-electron chi connectivity index (χ3n) is 4.91. The Morgan fingerprint density at radius 1 is 1.35 bits per heavy atom. The number of H-pyrrole nitrogens is 1. The number of allylic oxidation sites excluding steroid dienone is 3. The lowest BCUT2D eigenvalue weighted by Crippen LogP contribution is -2.25. The molecular formula is C20H20N4OS. The van der Waals surface area contributed by atoms with Crippen molar-refractivity contribution in [1.29, 1.82) is 5.26 Å². The van der Waals surface area contributed by atoms with E-state index in [9.17, 15) is 5.26 Å². The summed E-state index contributed by atoms with van der Waals surface area (Å²) in [5.41, 5.74) is 8.52. The molecule has 2 aliphatic rings. The maximum atomic E-state index is 9.70. The molecule has 0 saturated carbocycles. The fraction of sp³-hybridized carbons (Fsp3) is 0.300. The molecule has 0 bridgehead atoms. The van der Waals surface area contributed by atoms with Crippen molar-refractivity contribution >= 4 is 11.8 Å². The lowest BCUT2D eigenvalue weighted by molar-refractivity contribution is 0.354. The highest BCUT2D eigenvalue weighted by Crippen LogP contribution is 2.46. The van der Waals surface area contributed by atoms with Gasteiger partial charge in [-0.05, 0) is 37.3 Å². The van der Waals surface area contributed by atoms with Gasteiger partial charge >= 0.3 is 0 Å². The van der Waals surface area contributed by atoms with Gasteiger partial charge in [-0.25, -0.2) is 0 Å². The number of rotatable bonds is 4. The third-order valence-corrected chi connectivity index (χ3v) is 5.95. The van der Waals surface area contributed by atoms with E-state index in [0.29, 0.717) is 11.5 Å². The Labute approximate surface area is 156 Å². The number of fused-ring (bicyclic) bond motifs is 1. The van der Waals surface area contributed by atoms with Crippen molar-refractivity contribution in [2.45, 2.75) is 35.8 Å². The molecule has 1 aromatic carbocycles. The number of nitrogens with two attached hydrogens (primary N) is 1. The van der Waals surface area contributed by atoms with Gasteiger partial charge in [0.15, 0.2) is 0 Å². The summed E-state index contributed by atoms with van der Waals surface area (Å²) in [6.45, 7) is 0. The molecule has 2 aromatic rings. The largest absolute Gasteiger partial charge is 0.420 e. The van der Waals surface area contributed by atoms with Crippen LogP contribution in [0.15, 0.2) is 58.8 Å². The average molecular weight is 364 g/mol. The summed E-state index contributed by atoms with van der Waals surface area (Å²) >= 11 is 1.73. The number of nitriles is 1. The molecule has 0 spiro atoms. The van der Waals surface area contributed by atoms with E-state index in [1.165, 1.54) is 4.90 Å². The minimum atomic E-state index is -0.0922. The maximum Gasteiger partial charge on any atom is 0.243 e. The van der Waals surface area contributed by atoms with Crippen LogP contribution in [0.5, 0.6) is 5.88 Å². The first-order chi connectivity index (χ1) is 12.8. The number of nitrogens with zero attached hydrogens (tertiary/aromatic N) is 2. The van der Waals surface area contributed by atoms with Crippen LogP contribution in [-0.2, 0) is 5.75 Å². The predicted molar refractivity (Wildman–Crippen MR) is 101 cm³/mol. The Morgan fingerprint density at radius 3 is 2.92 bits per heavy atom. The van der Waals surface area contributed by atoms with Gasteiger partial charge < -0.3 is 10.5 Å². The molecule has 0 saturated heterocycles. The summed E-state index contributed by atoms with van der Waals surface area (Å²) in [5.74, 6) is 1.58. The van der Waals surface area contributed by atoms with Crippen molar-refractivity contribution < 1.29 is 4.74 Å². The minimum absolute atomic E-state index is 0.0922. The Hall–Kier alpha value is -2.65. The molecule has 0 radical (unpaired) electrons. The Kier molecular flexibility index (Phi) is 4.72. The molecule has 0 amide bonds. The molecule has 4 rings (SSSR count). The number of hydrogen-bond donors (Lipinski definition) is 2. The summed E-state index contributed by atoms with van der Waals surface area (Å²) in [4.78, 5) is 1.19. The molecule has 1 aromatic heterocycles. The van der Waals surface area contributed by atoms with Crippen LogP contribution in [0.3, 0.4) is 0 Å². The Balaban J connectivity index is 1.68. The van der Waals surface area contributed by atoms with Crippen LogP contribution >= 0.6 is 11.8 Å². The van der Waals surface area contributed by atoms with Gasteiger partial charge in [0.05, 0.1) is 11.3 Å². The molecule has 3 N–H and O–H groups in total. The number of aromatic amines is 1. The quantitative estimate of drug-likeness (QED) is 0.626. The second-order valence-electron chi connectivity index (χ2n) is 6.52. The highest BCUT2D eigenvalue weighted by Gasteiger charge is 2.38. The molecule has 0 unspecified atom stereocenters. The Bertz CT molecular complexity index is 894. The summed E-state index contributed by atoms with van der Waals surface area (Å²) in [5, 5.41) is 17.1. The van der Waals surface area contributed by atoms with E-state index >= 15 is 0 Å². The van der Waals surface area contributed by atoms with E-state index in [0.717, 1.165) is 36.3 Å². The van der Waals surface area contributed by atoms with Crippen molar-refractivity contribution in [3.05, 3.63) is 65.2 Å². The highest BCUT2D eigenvalue weighted by atomic mass is 32.2. The molecule has 2 atom stereocenters. The third kappa shape index (κ3) is 3.11. The first-order valence-electron chi connectivity index (χ1n) is 8.77. The van der Waals surface area contributed by atoms with Crippen molar-refractivity contribution in [1.82, 2.24) is 10.2 Å².